The Labute approximate surface area is 292 Å². The van der Waals surface area contributed by atoms with Crippen molar-refractivity contribution in [3.05, 3.63) is 91.5 Å². The molecular weight excluding hydrogens is 668 g/mol. The summed E-state index contributed by atoms with van der Waals surface area (Å²) in [4.78, 5) is 60.6. The van der Waals surface area contributed by atoms with Crippen molar-refractivity contribution in [1.82, 2.24) is 30.2 Å². The number of aromatic amines is 1. The quantitative estimate of drug-likeness (QED) is 0.0400. The number of ketones is 1. The molecule has 2 N–H and O–H groups in total. The minimum atomic E-state index is -1.44. The van der Waals surface area contributed by atoms with Crippen molar-refractivity contribution in [3.8, 4) is 22.5 Å². The molecule has 18 heteroatoms. The van der Waals surface area contributed by atoms with Gasteiger partial charge in [-0.15, -0.1) is 30.4 Å². The molecule has 2 aromatic heterocycles. The van der Waals surface area contributed by atoms with Crippen LogP contribution in [0.3, 0.4) is 0 Å². The number of carbonyl (C=O) groups excluding carboxylic acids is 2. The summed E-state index contributed by atoms with van der Waals surface area (Å²) in [5.41, 5.74) is 2.56. The first-order valence-electron chi connectivity index (χ1n) is 16.4. The maximum Gasteiger partial charge on any atom is 0.306 e. The molecule has 4 aromatic rings. The molecule has 272 valence electrons. The standard InChI is InChI=1S/C33H40N8O10/c1-4-9-28-34-31(33(2,3)44)30(27(42)17-18-29(43)49-19-8-7-10-24(51-41(47)48)21-50-40(45)46)39(28)20-22-13-15-23(16-14-22)25-11-5-6-12-26(25)32-35-37-38-36-32/h5-6,11-16,24,44H,4,7-10,17-21H2,1-3H3,(H,35,36,37,38). The van der Waals surface area contributed by atoms with Crippen molar-refractivity contribution in [2.45, 2.75) is 84.0 Å². The lowest BCUT2D eigenvalue weighted by atomic mass is 9.98. The van der Waals surface area contributed by atoms with Gasteiger partial charge in [-0.25, -0.2) is 4.98 Å². The van der Waals surface area contributed by atoms with Gasteiger partial charge < -0.3 is 24.1 Å². The zero-order valence-electron chi connectivity index (χ0n) is 28.5. The lowest BCUT2D eigenvalue weighted by molar-refractivity contribution is -0.790. The number of benzene rings is 2. The molecule has 0 bridgehead atoms. The number of carbonyl (C=O) groups is 2. The van der Waals surface area contributed by atoms with Gasteiger partial charge in [0.05, 0.1) is 13.0 Å². The van der Waals surface area contributed by atoms with Gasteiger partial charge in [0.2, 0.25) is 5.82 Å². The van der Waals surface area contributed by atoms with E-state index in [1.54, 1.807) is 18.4 Å². The molecule has 0 saturated heterocycles. The molecule has 0 fully saturated rings. The Morgan fingerprint density at radius 2 is 1.75 bits per heavy atom. The van der Waals surface area contributed by atoms with Crippen LogP contribution >= 0.6 is 0 Å². The maximum atomic E-state index is 13.8. The van der Waals surface area contributed by atoms with Crippen LogP contribution in [0.4, 0.5) is 0 Å². The first-order valence-corrected chi connectivity index (χ1v) is 16.4. The average molecular weight is 709 g/mol. The molecule has 0 radical (unpaired) electrons. The molecular formula is C33H40N8O10. The van der Waals surface area contributed by atoms with E-state index in [1.807, 2.05) is 55.5 Å². The lowest BCUT2D eigenvalue weighted by Gasteiger charge is -2.18. The van der Waals surface area contributed by atoms with Gasteiger partial charge in [0.25, 0.3) is 10.2 Å². The van der Waals surface area contributed by atoms with Crippen LogP contribution in [0.1, 0.15) is 86.9 Å². The number of aryl methyl sites for hydroxylation is 1. The van der Waals surface area contributed by atoms with Crippen molar-refractivity contribution in [1.29, 1.82) is 0 Å². The largest absolute Gasteiger partial charge is 0.466 e. The van der Waals surface area contributed by atoms with E-state index >= 15 is 0 Å². The van der Waals surface area contributed by atoms with Crippen LogP contribution in [-0.2, 0) is 37.8 Å². The second-order valence-corrected chi connectivity index (χ2v) is 12.2. The summed E-state index contributed by atoms with van der Waals surface area (Å²) in [6.07, 6.45) is 0.391. The van der Waals surface area contributed by atoms with Crippen molar-refractivity contribution in [2.24, 2.45) is 0 Å². The van der Waals surface area contributed by atoms with Crippen LogP contribution in [0.5, 0.6) is 0 Å². The van der Waals surface area contributed by atoms with Crippen molar-refractivity contribution in [2.75, 3.05) is 13.2 Å². The topological polar surface area (TPSA) is 241 Å². The fraction of sp³-hybridized carbons (Fsp3) is 0.455. The van der Waals surface area contributed by atoms with Gasteiger partial charge in [0.15, 0.2) is 5.78 Å². The molecule has 4 rings (SSSR count). The molecule has 18 nitrogen and oxygen atoms in total. The number of H-pyrrole nitrogens is 1. The van der Waals surface area contributed by atoms with Crippen molar-refractivity contribution < 1.29 is 39.3 Å². The number of ether oxygens (including phenoxy) is 1. The number of nitrogens with zero attached hydrogens (tertiary/aromatic N) is 7. The summed E-state index contributed by atoms with van der Waals surface area (Å²) in [7, 11) is 0. The molecule has 0 aliphatic heterocycles. The number of Topliss-reactive ketones (excluding diaryl/α,β-unsaturated/α-hetero) is 1. The van der Waals surface area contributed by atoms with Crippen LogP contribution in [0.2, 0.25) is 0 Å². The predicted molar refractivity (Wildman–Crippen MR) is 179 cm³/mol. The van der Waals surface area contributed by atoms with Gasteiger partial charge in [-0.05, 0) is 61.4 Å². The molecule has 0 aliphatic carbocycles. The van der Waals surface area contributed by atoms with E-state index in [4.69, 9.17) is 9.72 Å². The molecule has 0 aliphatic rings. The lowest BCUT2D eigenvalue weighted by Crippen LogP contribution is -2.24. The van der Waals surface area contributed by atoms with E-state index in [2.05, 4.69) is 30.3 Å². The Kier molecular flexibility index (Phi) is 13.2. The number of nitrogens with one attached hydrogen (secondary N) is 1. The van der Waals surface area contributed by atoms with Gasteiger partial charge >= 0.3 is 5.97 Å². The summed E-state index contributed by atoms with van der Waals surface area (Å²) in [5, 5.41) is 44.3. The van der Waals surface area contributed by atoms with Crippen LogP contribution < -0.4 is 0 Å². The molecule has 0 amide bonds. The van der Waals surface area contributed by atoms with E-state index in [0.29, 0.717) is 37.5 Å². The number of hydrogen-bond acceptors (Lipinski definition) is 14. The van der Waals surface area contributed by atoms with Crippen LogP contribution in [0.25, 0.3) is 22.5 Å². The predicted octanol–water partition coefficient (Wildman–Crippen LogP) is 4.42. The van der Waals surface area contributed by atoms with Crippen LogP contribution in [-0.4, -0.2) is 76.5 Å². The molecule has 2 aromatic carbocycles. The smallest absolute Gasteiger partial charge is 0.306 e. The zero-order chi connectivity index (χ0) is 37.0. The maximum absolute atomic E-state index is 13.8. The Morgan fingerprint density at radius 1 is 1.02 bits per heavy atom. The highest BCUT2D eigenvalue weighted by atomic mass is 17.0. The van der Waals surface area contributed by atoms with Gasteiger partial charge in [-0.3, -0.25) is 9.59 Å². The SMILES string of the molecule is CCCc1nc(C(C)(C)O)c(C(=O)CCC(=O)OCCCCC(CO[N+](=O)[O-])O[N+](=O)[O-])n1Cc1ccc(-c2ccccc2-c2nn[nH]n2)cc1. The van der Waals surface area contributed by atoms with E-state index in [-0.39, 0.29) is 43.0 Å². The second-order valence-electron chi connectivity index (χ2n) is 12.2. The number of tetrazole rings is 1. The monoisotopic (exact) mass is 708 g/mol. The minimum Gasteiger partial charge on any atom is -0.466 e. The zero-order valence-corrected chi connectivity index (χ0v) is 28.5. The number of aliphatic hydroxyl groups is 1. The third kappa shape index (κ3) is 10.9. The molecule has 0 spiro atoms. The summed E-state index contributed by atoms with van der Waals surface area (Å²) in [6.45, 7) is 4.76. The highest BCUT2D eigenvalue weighted by molar-refractivity contribution is 5.97. The average Bonchev–Trinajstić information content (AvgIpc) is 3.75. The third-order valence-electron chi connectivity index (χ3n) is 7.82. The highest BCUT2D eigenvalue weighted by Gasteiger charge is 2.31. The number of aromatic nitrogens is 6. The molecule has 0 saturated carbocycles. The van der Waals surface area contributed by atoms with Crippen molar-refractivity contribution >= 4 is 11.8 Å². The van der Waals surface area contributed by atoms with Crippen molar-refractivity contribution in [3.63, 3.8) is 0 Å². The Morgan fingerprint density at radius 3 is 2.37 bits per heavy atom. The molecule has 51 heavy (non-hydrogen) atoms. The number of esters is 1. The number of imidazole rings is 1. The molecule has 2 heterocycles. The van der Waals surface area contributed by atoms with E-state index < -0.39 is 34.5 Å². The Hall–Kier alpha value is -5.78. The number of rotatable bonds is 21. The van der Waals surface area contributed by atoms with Crippen LogP contribution in [0, 0.1) is 20.2 Å². The minimum absolute atomic E-state index is 0.0304. The highest BCUT2D eigenvalue weighted by Crippen LogP contribution is 2.31. The molecule has 1 atom stereocenters. The number of hydrogen-bond donors (Lipinski definition) is 2. The van der Waals surface area contributed by atoms with Gasteiger partial charge in [0, 0.05) is 24.9 Å². The first-order chi connectivity index (χ1) is 24.4. The van der Waals surface area contributed by atoms with Gasteiger partial charge in [-0.2, -0.15) is 5.21 Å². The molecule has 1 unspecified atom stereocenters. The third-order valence-corrected chi connectivity index (χ3v) is 7.82. The second kappa shape index (κ2) is 17.7. The fourth-order valence-corrected chi connectivity index (χ4v) is 5.47. The summed E-state index contributed by atoms with van der Waals surface area (Å²) < 4.78 is 7.05. The first kappa shape index (κ1) is 38.0. The van der Waals surface area contributed by atoms with E-state index in [9.17, 15) is 34.9 Å². The van der Waals surface area contributed by atoms with Gasteiger partial charge in [-0.1, -0.05) is 55.5 Å². The van der Waals surface area contributed by atoms with Crippen LogP contribution in [0.15, 0.2) is 48.5 Å². The normalized spacial score (nSPS) is 11.9. The summed E-state index contributed by atoms with van der Waals surface area (Å²) in [5.74, 6) is 0.101. The Balaban J connectivity index is 1.43. The number of unbranched alkanes of at least 4 members (excludes halogenated alkanes) is 1. The Bertz CT molecular complexity index is 1790. The van der Waals surface area contributed by atoms with Gasteiger partial charge in [0.1, 0.15) is 35.5 Å². The fourth-order valence-electron chi connectivity index (χ4n) is 5.47. The van der Waals surface area contributed by atoms with E-state index in [0.717, 1.165) is 28.7 Å². The summed E-state index contributed by atoms with van der Waals surface area (Å²) >= 11 is 0. The van der Waals surface area contributed by atoms with E-state index in [1.165, 1.54) is 0 Å². The summed E-state index contributed by atoms with van der Waals surface area (Å²) in [6, 6.07) is 15.5.